The van der Waals surface area contributed by atoms with Gasteiger partial charge in [0.2, 0.25) is 11.8 Å². The molecule has 1 atom stereocenters. The highest BCUT2D eigenvalue weighted by Crippen LogP contribution is 2.27. The van der Waals surface area contributed by atoms with E-state index in [1.165, 1.54) is 11.8 Å². The van der Waals surface area contributed by atoms with Gasteiger partial charge < -0.3 is 25.0 Å². The van der Waals surface area contributed by atoms with Crippen LogP contribution in [0.4, 0.5) is 17.1 Å². The molecule has 9 nitrogen and oxygen atoms in total. The summed E-state index contributed by atoms with van der Waals surface area (Å²) in [6.07, 6.45) is 0.0261. The van der Waals surface area contributed by atoms with Crippen LogP contribution in [0.2, 0.25) is 0 Å². The molecule has 1 saturated heterocycles. The summed E-state index contributed by atoms with van der Waals surface area (Å²) >= 11 is 0. The molecule has 3 rings (SSSR count). The maximum Gasteiger partial charge on any atom is 0.311 e. The molecule has 3 amide bonds. The fraction of sp³-hybridized carbons (Fsp3) is 0.304. The molecule has 0 unspecified atom stereocenters. The average molecular weight is 439 g/mol. The van der Waals surface area contributed by atoms with E-state index in [2.05, 4.69) is 10.6 Å². The SMILES string of the molecule is CCOc1ccc(N2C[C@@H](C(=O)OCC(=O)Nc3ccc(NC(C)=O)cc3)CC2=O)cc1. The third kappa shape index (κ3) is 6.07. The molecule has 2 aromatic carbocycles. The van der Waals surface area contributed by atoms with Crippen LogP contribution in [0.3, 0.4) is 0 Å². The summed E-state index contributed by atoms with van der Waals surface area (Å²) in [4.78, 5) is 49.4. The summed E-state index contributed by atoms with van der Waals surface area (Å²) in [6, 6.07) is 13.6. The zero-order chi connectivity index (χ0) is 23.1. The Balaban J connectivity index is 1.48. The first-order valence-corrected chi connectivity index (χ1v) is 10.2. The van der Waals surface area contributed by atoms with Crippen LogP contribution in [0.25, 0.3) is 0 Å². The topological polar surface area (TPSA) is 114 Å². The lowest BCUT2D eigenvalue weighted by atomic mass is 10.1. The van der Waals surface area contributed by atoms with Crippen molar-refractivity contribution < 1.29 is 28.7 Å². The van der Waals surface area contributed by atoms with Gasteiger partial charge in [-0.3, -0.25) is 19.2 Å². The molecule has 9 heteroatoms. The number of anilines is 3. The van der Waals surface area contributed by atoms with Gasteiger partial charge in [0, 0.05) is 37.0 Å². The van der Waals surface area contributed by atoms with E-state index in [4.69, 9.17) is 9.47 Å². The number of benzene rings is 2. The van der Waals surface area contributed by atoms with Gasteiger partial charge in [0.15, 0.2) is 6.61 Å². The Morgan fingerprint density at radius 2 is 1.62 bits per heavy atom. The quantitative estimate of drug-likeness (QED) is 0.611. The molecule has 0 bridgehead atoms. The molecule has 2 aromatic rings. The van der Waals surface area contributed by atoms with Crippen LogP contribution >= 0.6 is 0 Å². The van der Waals surface area contributed by atoms with E-state index in [1.54, 1.807) is 48.5 Å². The number of nitrogens with zero attached hydrogens (tertiary/aromatic N) is 1. The normalized spacial score (nSPS) is 15.2. The van der Waals surface area contributed by atoms with Crippen molar-refractivity contribution in [2.45, 2.75) is 20.3 Å². The highest BCUT2D eigenvalue weighted by Gasteiger charge is 2.36. The van der Waals surface area contributed by atoms with E-state index in [0.29, 0.717) is 29.4 Å². The second kappa shape index (κ2) is 10.4. The predicted octanol–water partition coefficient (Wildman–Crippen LogP) is 2.58. The number of carbonyl (C=O) groups is 4. The van der Waals surface area contributed by atoms with E-state index in [9.17, 15) is 19.2 Å². The van der Waals surface area contributed by atoms with E-state index >= 15 is 0 Å². The van der Waals surface area contributed by atoms with Crippen molar-refractivity contribution in [3.8, 4) is 5.75 Å². The van der Waals surface area contributed by atoms with Crippen molar-refractivity contribution in [2.75, 3.05) is 35.3 Å². The van der Waals surface area contributed by atoms with Crippen molar-refractivity contribution in [1.29, 1.82) is 0 Å². The summed E-state index contributed by atoms with van der Waals surface area (Å²) in [6.45, 7) is 3.57. The van der Waals surface area contributed by atoms with E-state index in [0.717, 1.165) is 0 Å². The molecular formula is C23H25N3O6. The Bertz CT molecular complexity index is 988. The third-order valence-corrected chi connectivity index (χ3v) is 4.75. The molecule has 1 heterocycles. The van der Waals surface area contributed by atoms with Crippen molar-refractivity contribution in [2.24, 2.45) is 5.92 Å². The van der Waals surface area contributed by atoms with Gasteiger partial charge in [-0.2, -0.15) is 0 Å². The smallest absolute Gasteiger partial charge is 0.311 e. The molecular weight excluding hydrogens is 414 g/mol. The molecule has 0 aliphatic carbocycles. The lowest BCUT2D eigenvalue weighted by molar-refractivity contribution is -0.151. The minimum Gasteiger partial charge on any atom is -0.494 e. The number of carbonyl (C=O) groups excluding carboxylic acids is 4. The third-order valence-electron chi connectivity index (χ3n) is 4.75. The molecule has 0 radical (unpaired) electrons. The molecule has 1 fully saturated rings. The van der Waals surface area contributed by atoms with Crippen molar-refractivity contribution in [1.82, 2.24) is 0 Å². The first kappa shape index (κ1) is 22.8. The van der Waals surface area contributed by atoms with E-state index < -0.39 is 24.4 Å². The second-order valence-corrected chi connectivity index (χ2v) is 7.25. The van der Waals surface area contributed by atoms with E-state index in [-0.39, 0.29) is 24.8 Å². The molecule has 1 aliphatic rings. The first-order valence-electron chi connectivity index (χ1n) is 10.2. The zero-order valence-corrected chi connectivity index (χ0v) is 17.9. The number of amides is 3. The summed E-state index contributed by atoms with van der Waals surface area (Å²) in [5.41, 5.74) is 1.77. The van der Waals surface area contributed by atoms with Gasteiger partial charge in [0.05, 0.1) is 12.5 Å². The van der Waals surface area contributed by atoms with Crippen LogP contribution in [0.5, 0.6) is 5.75 Å². The van der Waals surface area contributed by atoms with Crippen LogP contribution in [0.15, 0.2) is 48.5 Å². The molecule has 2 N–H and O–H groups in total. The molecule has 0 saturated carbocycles. The fourth-order valence-corrected chi connectivity index (χ4v) is 3.30. The summed E-state index contributed by atoms with van der Waals surface area (Å²) in [7, 11) is 0. The molecule has 0 spiro atoms. The Kier molecular flexibility index (Phi) is 7.43. The van der Waals surface area contributed by atoms with Gasteiger partial charge in [-0.25, -0.2) is 0 Å². The Morgan fingerprint density at radius 1 is 1.00 bits per heavy atom. The maximum atomic E-state index is 12.4. The minimum atomic E-state index is -0.640. The lowest BCUT2D eigenvalue weighted by Crippen LogP contribution is -2.28. The standard InChI is InChI=1S/C23H25N3O6/c1-3-31-20-10-8-19(9-11-20)26-13-16(12-22(26)29)23(30)32-14-21(28)25-18-6-4-17(5-7-18)24-15(2)27/h4-11,16H,3,12-14H2,1-2H3,(H,24,27)(H,25,28)/t16-/m0/s1. The van der Waals surface area contributed by atoms with Crippen LogP contribution in [0.1, 0.15) is 20.3 Å². The summed E-state index contributed by atoms with van der Waals surface area (Å²) < 4.78 is 10.5. The van der Waals surface area contributed by atoms with E-state index in [1.807, 2.05) is 6.92 Å². The number of esters is 1. The number of ether oxygens (including phenoxy) is 2. The fourth-order valence-electron chi connectivity index (χ4n) is 3.30. The largest absolute Gasteiger partial charge is 0.494 e. The van der Waals surface area contributed by atoms with Crippen LogP contribution in [-0.2, 0) is 23.9 Å². The average Bonchev–Trinajstić information content (AvgIpc) is 3.15. The highest BCUT2D eigenvalue weighted by atomic mass is 16.5. The molecule has 0 aromatic heterocycles. The van der Waals surface area contributed by atoms with Crippen molar-refractivity contribution >= 4 is 40.8 Å². The molecule has 168 valence electrons. The number of rotatable bonds is 8. The summed E-state index contributed by atoms with van der Waals surface area (Å²) in [5, 5.41) is 5.23. The van der Waals surface area contributed by atoms with Crippen molar-refractivity contribution in [3.05, 3.63) is 48.5 Å². The monoisotopic (exact) mass is 439 g/mol. The predicted molar refractivity (Wildman–Crippen MR) is 118 cm³/mol. The Labute approximate surface area is 185 Å². The van der Waals surface area contributed by atoms with Gasteiger partial charge >= 0.3 is 5.97 Å². The minimum absolute atomic E-state index is 0.0261. The van der Waals surface area contributed by atoms with Crippen LogP contribution < -0.4 is 20.3 Å². The number of hydrogen-bond acceptors (Lipinski definition) is 6. The van der Waals surface area contributed by atoms with Gasteiger partial charge in [0.25, 0.3) is 5.91 Å². The Hall–Kier alpha value is -3.88. The molecule has 1 aliphatic heterocycles. The van der Waals surface area contributed by atoms with Gasteiger partial charge in [-0.1, -0.05) is 0 Å². The zero-order valence-electron chi connectivity index (χ0n) is 17.9. The van der Waals surface area contributed by atoms with Crippen molar-refractivity contribution in [3.63, 3.8) is 0 Å². The second-order valence-electron chi connectivity index (χ2n) is 7.25. The van der Waals surface area contributed by atoms with Crippen LogP contribution in [-0.4, -0.2) is 43.4 Å². The van der Waals surface area contributed by atoms with Crippen LogP contribution in [0, 0.1) is 5.92 Å². The molecule has 32 heavy (non-hydrogen) atoms. The summed E-state index contributed by atoms with van der Waals surface area (Å²) in [5.74, 6) is -1.41. The number of nitrogens with one attached hydrogen (secondary N) is 2. The highest BCUT2D eigenvalue weighted by molar-refractivity contribution is 6.00. The lowest BCUT2D eigenvalue weighted by Gasteiger charge is -2.17. The van der Waals surface area contributed by atoms with Gasteiger partial charge in [-0.15, -0.1) is 0 Å². The maximum absolute atomic E-state index is 12.4. The van der Waals surface area contributed by atoms with Gasteiger partial charge in [0.1, 0.15) is 5.75 Å². The Morgan fingerprint density at radius 3 is 2.22 bits per heavy atom. The first-order chi connectivity index (χ1) is 15.4. The van der Waals surface area contributed by atoms with Gasteiger partial charge in [-0.05, 0) is 55.5 Å². The number of hydrogen-bond donors (Lipinski definition) is 2.